The second-order valence-electron chi connectivity index (χ2n) is 6.45. The Morgan fingerprint density at radius 2 is 1.86 bits per heavy atom. The van der Waals surface area contributed by atoms with Crippen molar-refractivity contribution in [3.8, 4) is 0 Å². The van der Waals surface area contributed by atoms with Crippen LogP contribution in [0.5, 0.6) is 0 Å². The Hall–Kier alpha value is -1.36. The summed E-state index contributed by atoms with van der Waals surface area (Å²) in [6.07, 6.45) is 3.07. The maximum atomic E-state index is 12.3. The zero-order valence-corrected chi connectivity index (χ0v) is 14.4. The molecule has 0 unspecified atom stereocenters. The smallest absolute Gasteiger partial charge is 0.226 e. The molecule has 122 valence electrons. The topological polar surface area (TPSA) is 54.5 Å². The van der Waals surface area contributed by atoms with E-state index in [0.717, 1.165) is 12.8 Å². The van der Waals surface area contributed by atoms with Crippen LogP contribution in [0.15, 0.2) is 24.3 Å². The molecule has 0 saturated carbocycles. The van der Waals surface area contributed by atoms with Gasteiger partial charge in [0, 0.05) is 25.3 Å². The molecule has 1 amide bonds. The highest BCUT2D eigenvalue weighted by atomic mass is 32.2. The molecule has 0 spiro atoms. The number of sulfone groups is 1. The van der Waals surface area contributed by atoms with E-state index in [0.29, 0.717) is 19.0 Å². The molecule has 0 aliphatic carbocycles. The Balaban J connectivity index is 1.95. The van der Waals surface area contributed by atoms with Gasteiger partial charge in [0.15, 0.2) is 0 Å². The Bertz CT molecular complexity index is 631. The molecule has 0 N–H and O–H groups in total. The number of amides is 1. The maximum absolute atomic E-state index is 12.3. The zero-order valence-electron chi connectivity index (χ0n) is 13.6. The fourth-order valence-corrected chi connectivity index (χ4v) is 4.34. The standard InChI is InChI=1S/C17H25NO3S/c1-13-6-4-5-7-16(13)15-8-10-18(11-9-15)17(19)14(2)12-22(3,20)21/h4-7,14-15H,8-12H2,1-3H3/t14-/m1/s1. The van der Waals surface area contributed by atoms with Crippen LogP contribution in [0.1, 0.15) is 36.8 Å². The molecule has 4 nitrogen and oxygen atoms in total. The lowest BCUT2D eigenvalue weighted by Crippen LogP contribution is -2.42. The Kier molecular flexibility index (Phi) is 5.27. The van der Waals surface area contributed by atoms with Crippen LogP contribution in [0.25, 0.3) is 0 Å². The zero-order chi connectivity index (χ0) is 16.3. The molecule has 1 atom stereocenters. The second kappa shape index (κ2) is 6.82. The van der Waals surface area contributed by atoms with Crippen LogP contribution in [-0.4, -0.2) is 44.3 Å². The first-order valence-corrected chi connectivity index (χ1v) is 9.86. The Morgan fingerprint density at radius 1 is 1.27 bits per heavy atom. The summed E-state index contributed by atoms with van der Waals surface area (Å²) in [7, 11) is -3.11. The monoisotopic (exact) mass is 323 g/mol. The van der Waals surface area contributed by atoms with Crippen molar-refractivity contribution in [2.45, 2.75) is 32.6 Å². The highest BCUT2D eigenvalue weighted by Gasteiger charge is 2.28. The average Bonchev–Trinajstić information content (AvgIpc) is 2.45. The number of piperidine rings is 1. The summed E-state index contributed by atoms with van der Waals surface area (Å²) in [5.41, 5.74) is 2.68. The van der Waals surface area contributed by atoms with E-state index in [9.17, 15) is 13.2 Å². The fraction of sp³-hybridized carbons (Fsp3) is 0.588. The molecule has 0 aromatic heterocycles. The SMILES string of the molecule is Cc1ccccc1C1CCN(C(=O)[C@H](C)CS(C)(=O)=O)CC1. The predicted octanol–water partition coefficient (Wildman–Crippen LogP) is 2.38. The van der Waals surface area contributed by atoms with Gasteiger partial charge in [0.25, 0.3) is 0 Å². The molecule has 1 aromatic carbocycles. The second-order valence-corrected chi connectivity index (χ2v) is 8.63. The lowest BCUT2D eigenvalue weighted by Gasteiger charge is -2.34. The number of carbonyl (C=O) groups is 1. The van der Waals surface area contributed by atoms with E-state index in [1.807, 2.05) is 11.0 Å². The molecule has 1 aliphatic rings. The quantitative estimate of drug-likeness (QED) is 0.855. The van der Waals surface area contributed by atoms with Gasteiger partial charge in [-0.05, 0) is 36.8 Å². The first-order chi connectivity index (χ1) is 10.3. The van der Waals surface area contributed by atoms with E-state index in [4.69, 9.17) is 0 Å². The highest BCUT2D eigenvalue weighted by molar-refractivity contribution is 7.90. The minimum absolute atomic E-state index is 0.0336. The van der Waals surface area contributed by atoms with Crippen molar-refractivity contribution in [1.29, 1.82) is 0 Å². The molecule has 2 rings (SSSR count). The molecule has 0 bridgehead atoms. The van der Waals surface area contributed by atoms with Gasteiger partial charge in [-0.1, -0.05) is 31.2 Å². The summed E-state index contributed by atoms with van der Waals surface area (Å²) in [4.78, 5) is 14.2. The predicted molar refractivity (Wildman–Crippen MR) is 88.6 cm³/mol. The van der Waals surface area contributed by atoms with Crippen molar-refractivity contribution in [3.63, 3.8) is 0 Å². The molecule has 1 saturated heterocycles. The van der Waals surface area contributed by atoms with Gasteiger partial charge >= 0.3 is 0 Å². The summed E-state index contributed by atoms with van der Waals surface area (Å²) >= 11 is 0. The number of likely N-dealkylation sites (tertiary alicyclic amines) is 1. The van der Waals surface area contributed by atoms with E-state index in [1.165, 1.54) is 17.4 Å². The first-order valence-electron chi connectivity index (χ1n) is 7.80. The Morgan fingerprint density at radius 3 is 2.41 bits per heavy atom. The third-order valence-electron chi connectivity index (χ3n) is 4.41. The molecule has 1 aromatic rings. The number of aryl methyl sites for hydroxylation is 1. The van der Waals surface area contributed by atoms with Crippen molar-refractivity contribution >= 4 is 15.7 Å². The molecule has 0 radical (unpaired) electrons. The summed E-state index contributed by atoms with van der Waals surface area (Å²) < 4.78 is 22.7. The minimum Gasteiger partial charge on any atom is -0.342 e. The van der Waals surface area contributed by atoms with Gasteiger partial charge in [0.05, 0.1) is 5.75 Å². The number of hydrogen-bond acceptors (Lipinski definition) is 3. The maximum Gasteiger partial charge on any atom is 0.226 e. The van der Waals surface area contributed by atoms with E-state index < -0.39 is 15.8 Å². The summed E-state index contributed by atoms with van der Waals surface area (Å²) in [5, 5.41) is 0. The van der Waals surface area contributed by atoms with E-state index in [-0.39, 0.29) is 11.7 Å². The lowest BCUT2D eigenvalue weighted by atomic mass is 9.86. The molecule has 5 heteroatoms. The molecule has 1 aliphatic heterocycles. The van der Waals surface area contributed by atoms with Crippen molar-refractivity contribution in [2.75, 3.05) is 25.1 Å². The van der Waals surface area contributed by atoms with Crippen LogP contribution in [-0.2, 0) is 14.6 Å². The summed E-state index contributed by atoms with van der Waals surface area (Å²) in [6, 6.07) is 8.41. The van der Waals surface area contributed by atoms with Gasteiger partial charge in [-0.15, -0.1) is 0 Å². The number of benzene rings is 1. The number of carbonyl (C=O) groups excluding carboxylic acids is 1. The number of rotatable bonds is 4. The van der Waals surface area contributed by atoms with E-state index >= 15 is 0 Å². The molecule has 1 fully saturated rings. The van der Waals surface area contributed by atoms with Crippen molar-refractivity contribution < 1.29 is 13.2 Å². The van der Waals surface area contributed by atoms with Crippen LogP contribution in [0.4, 0.5) is 0 Å². The normalized spacial score (nSPS) is 18.2. The number of hydrogen-bond donors (Lipinski definition) is 0. The summed E-state index contributed by atoms with van der Waals surface area (Å²) in [6.45, 7) is 5.26. The third kappa shape index (κ3) is 4.32. The first kappa shape index (κ1) is 17.0. The van der Waals surface area contributed by atoms with Crippen molar-refractivity contribution in [2.24, 2.45) is 5.92 Å². The van der Waals surface area contributed by atoms with Crippen molar-refractivity contribution in [3.05, 3.63) is 35.4 Å². The van der Waals surface area contributed by atoms with Crippen LogP contribution >= 0.6 is 0 Å². The minimum atomic E-state index is -3.11. The highest BCUT2D eigenvalue weighted by Crippen LogP contribution is 2.30. The van der Waals surface area contributed by atoms with Gasteiger partial charge in [0.2, 0.25) is 5.91 Å². The van der Waals surface area contributed by atoms with Gasteiger partial charge in [-0.3, -0.25) is 4.79 Å². The Labute approximate surface area is 133 Å². The van der Waals surface area contributed by atoms with E-state index in [1.54, 1.807) is 6.92 Å². The average molecular weight is 323 g/mol. The van der Waals surface area contributed by atoms with Crippen LogP contribution in [0.3, 0.4) is 0 Å². The third-order valence-corrected chi connectivity index (χ3v) is 5.51. The van der Waals surface area contributed by atoms with Crippen LogP contribution in [0, 0.1) is 12.8 Å². The van der Waals surface area contributed by atoms with Crippen LogP contribution in [0.2, 0.25) is 0 Å². The van der Waals surface area contributed by atoms with Gasteiger partial charge < -0.3 is 4.90 Å². The van der Waals surface area contributed by atoms with Gasteiger partial charge in [-0.2, -0.15) is 0 Å². The van der Waals surface area contributed by atoms with Crippen LogP contribution < -0.4 is 0 Å². The summed E-state index contributed by atoms with van der Waals surface area (Å²) in [5.74, 6) is -0.0575. The lowest BCUT2D eigenvalue weighted by molar-refractivity contribution is -0.135. The molecular formula is C17H25NO3S. The largest absolute Gasteiger partial charge is 0.342 e. The fourth-order valence-electron chi connectivity index (χ4n) is 3.29. The molecular weight excluding hydrogens is 298 g/mol. The molecule has 22 heavy (non-hydrogen) atoms. The molecule has 1 heterocycles. The number of nitrogens with zero attached hydrogens (tertiary/aromatic N) is 1. The van der Waals surface area contributed by atoms with Crippen molar-refractivity contribution in [1.82, 2.24) is 4.90 Å². The van der Waals surface area contributed by atoms with Gasteiger partial charge in [0.1, 0.15) is 9.84 Å². The van der Waals surface area contributed by atoms with Gasteiger partial charge in [-0.25, -0.2) is 8.42 Å². The van der Waals surface area contributed by atoms with E-state index in [2.05, 4.69) is 25.1 Å².